The minimum absolute atomic E-state index is 0.00543. The lowest BCUT2D eigenvalue weighted by atomic mass is 10.0. The summed E-state index contributed by atoms with van der Waals surface area (Å²) >= 11 is 0. The van der Waals surface area contributed by atoms with Crippen molar-refractivity contribution in [2.24, 2.45) is 0 Å². The molecule has 10 nitrogen and oxygen atoms in total. The number of aromatic amines is 2. The first-order valence-corrected chi connectivity index (χ1v) is 19.8. The van der Waals surface area contributed by atoms with Gasteiger partial charge in [-0.2, -0.15) is 13.2 Å². The molecule has 0 radical (unpaired) electrons. The second-order valence-electron chi connectivity index (χ2n) is 14.9. The van der Waals surface area contributed by atoms with Crippen LogP contribution in [0.15, 0.2) is 170 Å². The molecule has 0 saturated carbocycles. The van der Waals surface area contributed by atoms with Crippen molar-refractivity contribution in [3.05, 3.63) is 181 Å². The van der Waals surface area contributed by atoms with Crippen LogP contribution in [0, 0.1) is 0 Å². The van der Waals surface area contributed by atoms with Crippen molar-refractivity contribution >= 4 is 44.4 Å². The summed E-state index contributed by atoms with van der Waals surface area (Å²) in [6, 6.07) is 40.6. The number of hydrogen-bond acceptors (Lipinski definition) is 7. The van der Waals surface area contributed by atoms with Crippen molar-refractivity contribution in [2.45, 2.75) is 12.2 Å². The molecule has 0 aliphatic carbocycles. The number of ether oxygens (including phenoxy) is 3. The van der Waals surface area contributed by atoms with Crippen LogP contribution in [0.3, 0.4) is 0 Å². The smallest absolute Gasteiger partial charge is 0.417 e. The van der Waals surface area contributed by atoms with Crippen LogP contribution in [0.1, 0.15) is 22.1 Å². The molecular weight excluding hydrogens is 808 g/mol. The number of anilines is 1. The van der Waals surface area contributed by atoms with E-state index >= 15 is 0 Å². The maximum atomic E-state index is 13.9. The number of para-hydroxylation sites is 2. The fourth-order valence-corrected chi connectivity index (χ4v) is 7.81. The van der Waals surface area contributed by atoms with Crippen LogP contribution in [-0.4, -0.2) is 44.3 Å². The lowest BCUT2D eigenvalue weighted by molar-refractivity contribution is -0.0886. The monoisotopic (exact) mass is 841 g/mol. The molecule has 10 rings (SSSR count). The van der Waals surface area contributed by atoms with Crippen molar-refractivity contribution in [3.8, 4) is 51.3 Å². The third-order valence-corrected chi connectivity index (χ3v) is 10.9. The molecule has 310 valence electrons. The number of rotatable bonds is 10. The van der Waals surface area contributed by atoms with Crippen LogP contribution < -0.4 is 19.1 Å². The van der Waals surface area contributed by atoms with Gasteiger partial charge in [-0.25, -0.2) is 14.8 Å². The number of fused-ring (bicyclic) bond motifs is 3. The van der Waals surface area contributed by atoms with E-state index in [1.165, 1.54) is 23.2 Å². The van der Waals surface area contributed by atoms with Crippen molar-refractivity contribution in [1.29, 1.82) is 0 Å². The zero-order chi connectivity index (χ0) is 43.2. The van der Waals surface area contributed by atoms with Gasteiger partial charge in [0, 0.05) is 68.8 Å². The molecule has 0 bridgehead atoms. The number of benzene rings is 5. The van der Waals surface area contributed by atoms with Crippen molar-refractivity contribution in [3.63, 3.8) is 0 Å². The van der Waals surface area contributed by atoms with Crippen LogP contribution in [0.25, 0.3) is 55.0 Å². The maximum absolute atomic E-state index is 13.9. The number of carbonyl (C=O) groups is 1. The highest BCUT2D eigenvalue weighted by atomic mass is 19.4. The molecule has 4 aromatic heterocycles. The van der Waals surface area contributed by atoms with Gasteiger partial charge in [-0.1, -0.05) is 60.7 Å². The van der Waals surface area contributed by atoms with Gasteiger partial charge in [0.15, 0.2) is 0 Å². The lowest BCUT2D eigenvalue weighted by Gasteiger charge is -2.32. The van der Waals surface area contributed by atoms with Crippen molar-refractivity contribution in [1.82, 2.24) is 19.9 Å². The highest BCUT2D eigenvalue weighted by Crippen LogP contribution is 2.43. The molecule has 0 amide bonds. The van der Waals surface area contributed by atoms with Crippen LogP contribution in [0.5, 0.6) is 29.0 Å². The summed E-state index contributed by atoms with van der Waals surface area (Å²) in [6.45, 7) is 0. The molecule has 1 aliphatic rings. The average molecular weight is 842 g/mol. The van der Waals surface area contributed by atoms with E-state index in [9.17, 15) is 23.1 Å². The van der Waals surface area contributed by atoms with Crippen LogP contribution >= 0.6 is 0 Å². The number of aromatic nitrogens is 4. The Kier molecular flexibility index (Phi) is 9.63. The number of carboxylic acids is 1. The second kappa shape index (κ2) is 15.6. The Bertz CT molecular complexity index is 3260. The summed E-state index contributed by atoms with van der Waals surface area (Å²) in [6.07, 6.45) is 1.94. The summed E-state index contributed by atoms with van der Waals surface area (Å²) in [4.78, 5) is 29.0. The van der Waals surface area contributed by atoms with Gasteiger partial charge in [0.1, 0.15) is 17.2 Å². The molecule has 3 N–H and O–H groups in total. The number of pyridine rings is 2. The van der Waals surface area contributed by atoms with Crippen molar-refractivity contribution in [2.75, 3.05) is 12.0 Å². The number of nitrogens with one attached hydrogen (secondary N) is 2. The largest absolute Gasteiger partial charge is 0.497 e. The predicted octanol–water partition coefficient (Wildman–Crippen LogP) is 12.8. The van der Waals surface area contributed by atoms with Crippen LogP contribution in [0.4, 0.5) is 18.9 Å². The quantitative estimate of drug-likeness (QED) is 0.116. The molecule has 0 spiro atoms. The Hall–Kier alpha value is -8.32. The maximum Gasteiger partial charge on any atom is 0.417 e. The zero-order valence-corrected chi connectivity index (χ0v) is 33.2. The van der Waals surface area contributed by atoms with Gasteiger partial charge in [-0.15, -0.1) is 0 Å². The van der Waals surface area contributed by atoms with Crippen LogP contribution in [0.2, 0.25) is 0 Å². The first-order chi connectivity index (χ1) is 30.6. The van der Waals surface area contributed by atoms with E-state index < -0.39 is 23.8 Å². The molecule has 1 unspecified atom stereocenters. The highest BCUT2D eigenvalue weighted by Gasteiger charge is 2.36. The number of aromatic carboxylic acids is 1. The summed E-state index contributed by atoms with van der Waals surface area (Å²) in [5.74, 6) is 1.80. The fourth-order valence-electron chi connectivity index (χ4n) is 7.81. The molecule has 5 heterocycles. The number of H-pyrrole nitrogens is 2. The van der Waals surface area contributed by atoms with Gasteiger partial charge < -0.3 is 34.2 Å². The SMILES string of the molecule is COc1ccc(Oc2ccc(-c3c(Oc4ccccc4-c4ccc5cc6cc(N7C=C(C(F)(F)F)C=CC7c7cc(C(=O)O)c[nH]7)ccc6nc5c4)[nH]c4ccccc34)cn2)cc1. The number of allylic oxidation sites excluding steroid dienone is 2. The molecule has 1 aliphatic heterocycles. The minimum atomic E-state index is -4.59. The van der Waals surface area contributed by atoms with Gasteiger partial charge in [0.05, 0.1) is 40.9 Å². The van der Waals surface area contributed by atoms with E-state index in [4.69, 9.17) is 19.2 Å². The van der Waals surface area contributed by atoms with E-state index in [-0.39, 0.29) is 5.56 Å². The molecule has 0 saturated heterocycles. The molecule has 13 heteroatoms. The van der Waals surface area contributed by atoms with E-state index in [1.807, 2.05) is 109 Å². The van der Waals surface area contributed by atoms with E-state index in [0.29, 0.717) is 51.1 Å². The third-order valence-electron chi connectivity index (χ3n) is 10.9. The molecule has 5 aromatic carbocycles. The van der Waals surface area contributed by atoms with E-state index in [0.717, 1.165) is 56.6 Å². The number of halogens is 3. The van der Waals surface area contributed by atoms with Crippen molar-refractivity contribution < 1.29 is 37.3 Å². The number of methoxy groups -OCH3 is 1. The van der Waals surface area contributed by atoms with E-state index in [1.54, 1.807) is 31.5 Å². The molecule has 63 heavy (non-hydrogen) atoms. The Morgan fingerprint density at radius 3 is 2.37 bits per heavy atom. The summed E-state index contributed by atoms with van der Waals surface area (Å²) in [7, 11) is 1.61. The first kappa shape index (κ1) is 38.9. The Morgan fingerprint density at radius 1 is 0.794 bits per heavy atom. The second-order valence-corrected chi connectivity index (χ2v) is 14.9. The lowest BCUT2D eigenvalue weighted by Crippen LogP contribution is -2.27. The third kappa shape index (κ3) is 7.56. The average Bonchev–Trinajstić information content (AvgIpc) is 3.94. The topological polar surface area (TPSA) is 126 Å². The number of carboxylic acid groups (broad SMARTS) is 1. The normalized spacial score (nSPS) is 14.0. The number of alkyl halides is 3. The highest BCUT2D eigenvalue weighted by molar-refractivity contribution is 6.00. The fraction of sp³-hybridized carbons (Fsp3) is 0.0600. The number of nitrogens with zero attached hydrogens (tertiary/aromatic N) is 3. The first-order valence-electron chi connectivity index (χ1n) is 19.8. The molecular formula is C50H34F3N5O5. The minimum Gasteiger partial charge on any atom is -0.497 e. The van der Waals surface area contributed by atoms with Gasteiger partial charge in [0.2, 0.25) is 11.8 Å². The summed E-state index contributed by atoms with van der Waals surface area (Å²) in [5.41, 5.74) is 5.67. The summed E-state index contributed by atoms with van der Waals surface area (Å²) < 4.78 is 59.8. The summed E-state index contributed by atoms with van der Waals surface area (Å²) in [5, 5.41) is 12.0. The van der Waals surface area contributed by atoms with Gasteiger partial charge in [-0.3, -0.25) is 0 Å². The van der Waals surface area contributed by atoms with E-state index in [2.05, 4.69) is 15.0 Å². The Balaban J connectivity index is 0.961. The predicted molar refractivity (Wildman–Crippen MR) is 236 cm³/mol. The zero-order valence-electron chi connectivity index (χ0n) is 33.2. The van der Waals surface area contributed by atoms with Gasteiger partial charge in [0.25, 0.3) is 0 Å². The number of hydrogen-bond donors (Lipinski definition) is 3. The Labute approximate surface area is 357 Å². The van der Waals surface area contributed by atoms with Crippen LogP contribution in [-0.2, 0) is 0 Å². The standard InChI is InChI=1S/C50H34F3N5O5/c1-61-36-15-17-37(18-16-36)62-46-21-12-31(26-55-46)47-39-7-2-4-8-41(39)57-48(47)63-45-9-5-3-6-38(45)29-10-11-30-22-32-23-35(14-19-40(32)56-42(30)24-29)58-28-34(50(51,52)53)13-20-44(58)43-25-33(27-54-43)49(59)60/h2-28,44,54,57H,1H3,(H,59,60). The molecule has 9 aromatic rings. The molecule has 1 atom stereocenters. The van der Waals surface area contributed by atoms with Gasteiger partial charge >= 0.3 is 12.1 Å². The van der Waals surface area contributed by atoms with Gasteiger partial charge in [-0.05, 0) is 84.4 Å². The Morgan fingerprint density at radius 2 is 1.59 bits per heavy atom. The molecule has 0 fully saturated rings.